The molecule has 1 aromatic carbocycles. The summed E-state index contributed by atoms with van der Waals surface area (Å²) in [5.74, 6) is -1.49. The van der Waals surface area contributed by atoms with Crippen molar-refractivity contribution < 1.29 is 33.2 Å². The summed E-state index contributed by atoms with van der Waals surface area (Å²) < 4.78 is 26.2. The Balaban J connectivity index is 1.85. The van der Waals surface area contributed by atoms with Crippen molar-refractivity contribution in [2.45, 2.75) is 47.0 Å². The molecule has 2 aliphatic rings. The average Bonchev–Trinajstić information content (AvgIpc) is 3.31. The fourth-order valence-electron chi connectivity index (χ4n) is 3.66. The van der Waals surface area contributed by atoms with E-state index in [0.29, 0.717) is 11.1 Å². The molecule has 2 amide bonds. The Kier molecular flexibility index (Phi) is 7.77. The molecule has 0 saturated carbocycles. The third-order valence-electron chi connectivity index (χ3n) is 5.39. The number of benzene rings is 1. The number of aromatic hydroxyl groups is 1. The molecule has 3 atom stereocenters. The molecule has 1 aromatic rings. The van der Waals surface area contributed by atoms with Crippen molar-refractivity contribution in [1.29, 1.82) is 0 Å². The standard InChI is InChI=1S/C22H28ClN3O7S/c1-11(2)16-8-14(9-25(16)22(30)33-13(5)32-21(29)12(3)4)15-6-7-17(27)20(19(15)23)26-10-18(28)24-34(26)31/h6-8,11-13,16,27H,9-10H2,1-5H3,(H,24,28). The molecule has 0 radical (unpaired) electrons. The number of amides is 2. The van der Waals surface area contributed by atoms with E-state index in [0.717, 1.165) is 0 Å². The second-order valence-electron chi connectivity index (χ2n) is 8.70. The van der Waals surface area contributed by atoms with Crippen LogP contribution in [-0.4, -0.2) is 57.6 Å². The van der Waals surface area contributed by atoms with Gasteiger partial charge in [-0.2, -0.15) is 0 Å². The Hall–Kier alpha value is -2.79. The van der Waals surface area contributed by atoms with E-state index in [4.69, 9.17) is 21.1 Å². The lowest BCUT2D eigenvalue weighted by molar-refractivity contribution is -0.170. The van der Waals surface area contributed by atoms with Crippen LogP contribution in [0.5, 0.6) is 5.75 Å². The highest BCUT2D eigenvalue weighted by molar-refractivity contribution is 7.85. The summed E-state index contributed by atoms with van der Waals surface area (Å²) in [6.45, 7) is 8.66. The van der Waals surface area contributed by atoms with Crippen LogP contribution in [0, 0.1) is 11.8 Å². The molecule has 0 spiro atoms. The van der Waals surface area contributed by atoms with Gasteiger partial charge in [0.15, 0.2) is 0 Å². The highest BCUT2D eigenvalue weighted by atomic mass is 35.5. The monoisotopic (exact) mass is 513 g/mol. The van der Waals surface area contributed by atoms with Crippen molar-refractivity contribution in [1.82, 2.24) is 9.62 Å². The molecule has 34 heavy (non-hydrogen) atoms. The lowest BCUT2D eigenvalue weighted by Gasteiger charge is -2.28. The van der Waals surface area contributed by atoms with Crippen molar-refractivity contribution in [3.63, 3.8) is 0 Å². The van der Waals surface area contributed by atoms with Gasteiger partial charge in [0.1, 0.15) is 18.0 Å². The van der Waals surface area contributed by atoms with Gasteiger partial charge in [0.2, 0.25) is 17.5 Å². The van der Waals surface area contributed by atoms with E-state index in [9.17, 15) is 23.7 Å². The highest BCUT2D eigenvalue weighted by Gasteiger charge is 2.36. The number of hydrogen-bond donors (Lipinski definition) is 2. The van der Waals surface area contributed by atoms with Crippen molar-refractivity contribution in [3.8, 4) is 5.75 Å². The summed E-state index contributed by atoms with van der Waals surface area (Å²) in [5.41, 5.74) is 1.28. The summed E-state index contributed by atoms with van der Waals surface area (Å²) in [6, 6.07) is 2.67. The number of anilines is 1. The van der Waals surface area contributed by atoms with Gasteiger partial charge in [0.05, 0.1) is 23.5 Å². The second-order valence-corrected chi connectivity index (χ2v) is 10.2. The third-order valence-corrected chi connectivity index (χ3v) is 6.89. The number of halogens is 1. The predicted octanol–water partition coefficient (Wildman–Crippen LogP) is 2.97. The minimum absolute atomic E-state index is 0.0295. The molecule has 3 rings (SSSR count). The van der Waals surface area contributed by atoms with Crippen molar-refractivity contribution in [2.75, 3.05) is 17.4 Å². The maximum atomic E-state index is 12.9. The first-order chi connectivity index (χ1) is 15.9. The van der Waals surface area contributed by atoms with E-state index in [1.54, 1.807) is 19.9 Å². The summed E-state index contributed by atoms with van der Waals surface area (Å²) in [5, 5.41) is 10.5. The third kappa shape index (κ3) is 5.30. The largest absolute Gasteiger partial charge is 0.506 e. The lowest BCUT2D eigenvalue weighted by atomic mass is 10.0. The zero-order valence-corrected chi connectivity index (χ0v) is 21.1. The molecular formula is C22H28ClN3O7S. The molecule has 10 nitrogen and oxygen atoms in total. The van der Waals surface area contributed by atoms with Gasteiger partial charge in [-0.25, -0.2) is 9.00 Å². The number of rotatable bonds is 6. The van der Waals surface area contributed by atoms with Gasteiger partial charge in [0.25, 0.3) is 5.91 Å². The van der Waals surface area contributed by atoms with Crippen LogP contribution in [0.25, 0.3) is 5.57 Å². The Labute approximate surface area is 205 Å². The fraction of sp³-hybridized carbons (Fsp3) is 0.500. The SMILES string of the molecule is CC(OC(=O)C(C)C)OC(=O)N1CC(c2ccc(O)c(N3CC(=O)NS3=O)c2Cl)=CC1C(C)C. The predicted molar refractivity (Wildman–Crippen MR) is 127 cm³/mol. The van der Waals surface area contributed by atoms with Gasteiger partial charge in [-0.1, -0.05) is 45.4 Å². The first kappa shape index (κ1) is 25.8. The Morgan fingerprint density at radius 1 is 1.18 bits per heavy atom. The van der Waals surface area contributed by atoms with Crippen molar-refractivity contribution in [2.24, 2.45) is 11.8 Å². The minimum Gasteiger partial charge on any atom is -0.506 e. The number of nitrogens with zero attached hydrogens (tertiary/aromatic N) is 2. The number of nitrogens with one attached hydrogen (secondary N) is 1. The van der Waals surface area contributed by atoms with Crippen LogP contribution < -0.4 is 9.03 Å². The Bertz CT molecular complexity index is 1060. The molecule has 186 valence electrons. The number of phenols is 1. The first-order valence-electron chi connectivity index (χ1n) is 10.8. The Morgan fingerprint density at radius 2 is 1.85 bits per heavy atom. The van der Waals surface area contributed by atoms with Crippen molar-refractivity contribution >= 4 is 52.0 Å². The maximum absolute atomic E-state index is 12.9. The number of phenolic OH excluding ortho intramolecular Hbond substituents is 1. The van der Waals surface area contributed by atoms with E-state index < -0.39 is 35.4 Å². The van der Waals surface area contributed by atoms with Gasteiger partial charge in [-0.05, 0) is 23.6 Å². The van der Waals surface area contributed by atoms with Crippen LogP contribution in [0.1, 0.15) is 40.2 Å². The fourth-order valence-corrected chi connectivity index (χ4v) is 5.05. The van der Waals surface area contributed by atoms with Gasteiger partial charge in [-0.3, -0.25) is 23.5 Å². The number of carbonyl (C=O) groups excluding carboxylic acids is 3. The van der Waals surface area contributed by atoms with E-state index in [1.165, 1.54) is 22.2 Å². The molecule has 12 heteroatoms. The van der Waals surface area contributed by atoms with Crippen LogP contribution in [-0.2, 0) is 30.2 Å². The molecule has 0 bridgehead atoms. The normalized spacial score (nSPS) is 21.1. The topological polar surface area (TPSA) is 125 Å². The summed E-state index contributed by atoms with van der Waals surface area (Å²) in [7, 11) is 0. The van der Waals surface area contributed by atoms with E-state index in [-0.39, 0.29) is 47.4 Å². The second kappa shape index (κ2) is 10.2. The molecule has 1 saturated heterocycles. The quantitative estimate of drug-likeness (QED) is 0.442. The maximum Gasteiger partial charge on any atom is 0.413 e. The molecule has 0 aromatic heterocycles. The van der Waals surface area contributed by atoms with Gasteiger partial charge >= 0.3 is 12.1 Å². The molecule has 2 heterocycles. The van der Waals surface area contributed by atoms with Crippen molar-refractivity contribution in [3.05, 3.63) is 28.8 Å². The first-order valence-corrected chi connectivity index (χ1v) is 12.3. The van der Waals surface area contributed by atoms with E-state index in [1.807, 2.05) is 19.9 Å². The molecule has 0 aliphatic carbocycles. The zero-order valence-electron chi connectivity index (χ0n) is 19.5. The molecule has 2 aliphatic heterocycles. The average molecular weight is 514 g/mol. The molecule has 2 N–H and O–H groups in total. The van der Waals surface area contributed by atoms with Gasteiger partial charge < -0.3 is 14.6 Å². The smallest absolute Gasteiger partial charge is 0.413 e. The van der Waals surface area contributed by atoms with E-state index >= 15 is 0 Å². The highest BCUT2D eigenvalue weighted by Crippen LogP contribution is 2.43. The molecule has 3 unspecified atom stereocenters. The number of ether oxygens (including phenoxy) is 2. The minimum atomic E-state index is -1.87. The number of carbonyl (C=O) groups is 3. The van der Waals surface area contributed by atoms with Crippen LogP contribution in [0.2, 0.25) is 5.02 Å². The number of hydrogen-bond acceptors (Lipinski definition) is 7. The summed E-state index contributed by atoms with van der Waals surface area (Å²) >= 11 is 4.73. The van der Waals surface area contributed by atoms with Crippen LogP contribution in [0.15, 0.2) is 18.2 Å². The van der Waals surface area contributed by atoms with Gasteiger partial charge in [0, 0.05) is 12.5 Å². The Morgan fingerprint density at radius 3 is 2.41 bits per heavy atom. The van der Waals surface area contributed by atoms with Crippen LogP contribution in [0.4, 0.5) is 10.5 Å². The van der Waals surface area contributed by atoms with E-state index in [2.05, 4.69) is 4.72 Å². The summed E-state index contributed by atoms with van der Waals surface area (Å²) in [4.78, 5) is 37.9. The summed E-state index contributed by atoms with van der Waals surface area (Å²) in [6.07, 6.45) is 0.168. The zero-order chi connectivity index (χ0) is 25.3. The van der Waals surface area contributed by atoms with Crippen LogP contribution in [0.3, 0.4) is 0 Å². The lowest BCUT2D eigenvalue weighted by Crippen LogP contribution is -2.41. The number of esters is 1. The van der Waals surface area contributed by atoms with Gasteiger partial charge in [-0.15, -0.1) is 0 Å². The molecule has 1 fully saturated rings. The molecular weight excluding hydrogens is 486 g/mol. The van der Waals surface area contributed by atoms with Crippen LogP contribution >= 0.6 is 11.6 Å².